The first-order valence-corrected chi connectivity index (χ1v) is 7.82. The molecule has 0 radical (unpaired) electrons. The molecule has 1 saturated heterocycles. The van der Waals surface area contributed by atoms with Crippen LogP contribution in [0.5, 0.6) is 0 Å². The van der Waals surface area contributed by atoms with Gasteiger partial charge in [-0.1, -0.05) is 5.16 Å². The molecule has 0 spiro atoms. The molecule has 118 valence electrons. The number of nitrogens with zero attached hydrogens (tertiary/aromatic N) is 3. The first-order valence-electron chi connectivity index (χ1n) is 7.82. The van der Waals surface area contributed by atoms with Gasteiger partial charge in [0.15, 0.2) is 5.82 Å². The van der Waals surface area contributed by atoms with Crippen LogP contribution in [0, 0.1) is 5.92 Å². The van der Waals surface area contributed by atoms with Crippen molar-refractivity contribution in [2.24, 2.45) is 5.92 Å². The van der Waals surface area contributed by atoms with E-state index >= 15 is 0 Å². The zero-order valence-electron chi connectivity index (χ0n) is 13.3. The molecule has 0 saturated carbocycles. The molecule has 1 aliphatic rings. The number of carbonyl (C=O) groups excluding carboxylic acids is 1. The SMILES string of the molecule is CNC(C)Cc1noc(CCC2CCN(C(C)=O)CC2)n1. The van der Waals surface area contributed by atoms with Gasteiger partial charge in [-0.3, -0.25) is 4.79 Å². The fraction of sp³-hybridized carbons (Fsp3) is 0.800. The largest absolute Gasteiger partial charge is 0.343 e. The third-order valence-corrected chi connectivity index (χ3v) is 4.32. The monoisotopic (exact) mass is 294 g/mol. The second-order valence-corrected chi connectivity index (χ2v) is 5.99. The Balaban J connectivity index is 1.73. The number of carbonyl (C=O) groups is 1. The lowest BCUT2D eigenvalue weighted by Crippen LogP contribution is -2.37. The molecule has 2 rings (SSSR count). The molecule has 1 unspecified atom stereocenters. The summed E-state index contributed by atoms with van der Waals surface area (Å²) in [5.74, 6) is 2.36. The Bertz CT molecular complexity index is 452. The number of likely N-dealkylation sites (N-methyl/N-ethyl adjacent to an activating group) is 1. The Labute approximate surface area is 126 Å². The summed E-state index contributed by atoms with van der Waals surface area (Å²) in [6, 6.07) is 0.353. The maximum absolute atomic E-state index is 11.3. The van der Waals surface area contributed by atoms with E-state index in [1.54, 1.807) is 6.92 Å². The van der Waals surface area contributed by atoms with Crippen LogP contribution < -0.4 is 5.32 Å². The molecule has 1 aliphatic heterocycles. The highest BCUT2D eigenvalue weighted by atomic mass is 16.5. The van der Waals surface area contributed by atoms with Crippen molar-refractivity contribution in [3.05, 3.63) is 11.7 Å². The Morgan fingerprint density at radius 1 is 1.48 bits per heavy atom. The van der Waals surface area contributed by atoms with Gasteiger partial charge in [-0.05, 0) is 39.2 Å². The predicted molar refractivity (Wildman–Crippen MR) is 79.8 cm³/mol. The number of nitrogens with one attached hydrogen (secondary N) is 1. The molecule has 2 heterocycles. The number of hydrogen-bond acceptors (Lipinski definition) is 5. The topological polar surface area (TPSA) is 71.3 Å². The maximum atomic E-state index is 11.3. The van der Waals surface area contributed by atoms with E-state index in [1.165, 1.54) is 0 Å². The second kappa shape index (κ2) is 7.54. The van der Waals surface area contributed by atoms with Crippen LogP contribution in [-0.4, -0.2) is 47.1 Å². The molecule has 1 aromatic rings. The van der Waals surface area contributed by atoms with E-state index in [0.717, 1.165) is 56.9 Å². The first-order chi connectivity index (χ1) is 10.1. The summed E-state index contributed by atoms with van der Waals surface area (Å²) in [5.41, 5.74) is 0. The fourth-order valence-corrected chi connectivity index (χ4v) is 2.71. The summed E-state index contributed by atoms with van der Waals surface area (Å²) >= 11 is 0. The van der Waals surface area contributed by atoms with Gasteiger partial charge in [0.05, 0.1) is 0 Å². The van der Waals surface area contributed by atoms with Crippen LogP contribution >= 0.6 is 0 Å². The molecule has 0 aliphatic carbocycles. The smallest absolute Gasteiger partial charge is 0.226 e. The van der Waals surface area contributed by atoms with Crippen molar-refractivity contribution in [1.29, 1.82) is 0 Å². The highest BCUT2D eigenvalue weighted by Crippen LogP contribution is 2.22. The minimum Gasteiger partial charge on any atom is -0.343 e. The van der Waals surface area contributed by atoms with Gasteiger partial charge in [0.1, 0.15) is 0 Å². The van der Waals surface area contributed by atoms with Crippen LogP contribution in [0.3, 0.4) is 0 Å². The molecular weight excluding hydrogens is 268 g/mol. The Hall–Kier alpha value is -1.43. The first kappa shape index (κ1) is 15.9. The Morgan fingerprint density at radius 3 is 2.81 bits per heavy atom. The van der Waals surface area contributed by atoms with Crippen molar-refractivity contribution < 1.29 is 9.32 Å². The van der Waals surface area contributed by atoms with Crippen molar-refractivity contribution >= 4 is 5.91 Å². The van der Waals surface area contributed by atoms with E-state index in [9.17, 15) is 4.79 Å². The van der Waals surface area contributed by atoms with Gasteiger partial charge in [0, 0.05) is 38.9 Å². The molecule has 1 N–H and O–H groups in total. The van der Waals surface area contributed by atoms with Crippen LogP contribution in [0.15, 0.2) is 4.52 Å². The van der Waals surface area contributed by atoms with Crippen molar-refractivity contribution in [3.8, 4) is 0 Å². The summed E-state index contributed by atoms with van der Waals surface area (Å²) in [6.07, 6.45) is 4.85. The van der Waals surface area contributed by atoms with E-state index in [2.05, 4.69) is 22.4 Å². The Kier molecular flexibility index (Phi) is 5.73. The predicted octanol–water partition coefficient (Wildman–Crippen LogP) is 1.41. The molecule has 6 heteroatoms. The molecule has 1 aromatic heterocycles. The molecule has 1 fully saturated rings. The maximum Gasteiger partial charge on any atom is 0.226 e. The van der Waals surface area contributed by atoms with Crippen molar-refractivity contribution in [3.63, 3.8) is 0 Å². The van der Waals surface area contributed by atoms with Crippen molar-refractivity contribution in [1.82, 2.24) is 20.4 Å². The average molecular weight is 294 g/mol. The van der Waals surface area contributed by atoms with Crippen molar-refractivity contribution in [2.75, 3.05) is 20.1 Å². The lowest BCUT2D eigenvalue weighted by atomic mass is 9.92. The fourth-order valence-electron chi connectivity index (χ4n) is 2.71. The van der Waals surface area contributed by atoms with Gasteiger partial charge >= 0.3 is 0 Å². The number of piperidine rings is 1. The quantitative estimate of drug-likeness (QED) is 0.859. The van der Waals surface area contributed by atoms with Crippen LogP contribution in [-0.2, 0) is 17.6 Å². The third kappa shape index (κ3) is 4.81. The number of likely N-dealkylation sites (tertiary alicyclic amines) is 1. The van der Waals surface area contributed by atoms with E-state index in [-0.39, 0.29) is 5.91 Å². The number of aryl methyl sites for hydroxylation is 1. The number of rotatable bonds is 6. The average Bonchev–Trinajstić information content (AvgIpc) is 2.93. The van der Waals surface area contributed by atoms with Gasteiger partial charge in [-0.2, -0.15) is 4.98 Å². The van der Waals surface area contributed by atoms with Crippen LogP contribution in [0.2, 0.25) is 0 Å². The highest BCUT2D eigenvalue weighted by molar-refractivity contribution is 5.73. The summed E-state index contributed by atoms with van der Waals surface area (Å²) < 4.78 is 5.31. The summed E-state index contributed by atoms with van der Waals surface area (Å²) in [6.45, 7) is 5.51. The summed E-state index contributed by atoms with van der Waals surface area (Å²) in [4.78, 5) is 17.7. The van der Waals surface area contributed by atoms with E-state index in [0.29, 0.717) is 12.0 Å². The van der Waals surface area contributed by atoms with Crippen LogP contribution in [0.1, 0.15) is 44.8 Å². The van der Waals surface area contributed by atoms with E-state index in [1.807, 2.05) is 11.9 Å². The standard InChI is InChI=1S/C15H26N4O2/c1-11(16-3)10-14-17-15(21-18-14)5-4-13-6-8-19(9-7-13)12(2)20/h11,13,16H,4-10H2,1-3H3. The number of amides is 1. The van der Waals surface area contributed by atoms with Gasteiger partial charge < -0.3 is 14.7 Å². The molecule has 1 amide bonds. The summed E-state index contributed by atoms with van der Waals surface area (Å²) in [5, 5.41) is 7.19. The third-order valence-electron chi connectivity index (χ3n) is 4.32. The van der Waals surface area contributed by atoms with Gasteiger partial charge in [0.2, 0.25) is 11.8 Å². The minimum atomic E-state index is 0.189. The second-order valence-electron chi connectivity index (χ2n) is 5.99. The lowest BCUT2D eigenvalue weighted by Gasteiger charge is -2.31. The summed E-state index contributed by atoms with van der Waals surface area (Å²) in [7, 11) is 1.93. The molecule has 1 atom stereocenters. The van der Waals surface area contributed by atoms with Gasteiger partial charge in [0.25, 0.3) is 0 Å². The van der Waals surface area contributed by atoms with Crippen LogP contribution in [0.25, 0.3) is 0 Å². The highest BCUT2D eigenvalue weighted by Gasteiger charge is 2.21. The van der Waals surface area contributed by atoms with E-state index < -0.39 is 0 Å². The van der Waals surface area contributed by atoms with Crippen LogP contribution in [0.4, 0.5) is 0 Å². The molecular formula is C15H26N4O2. The number of hydrogen-bond donors (Lipinski definition) is 1. The minimum absolute atomic E-state index is 0.189. The van der Waals surface area contributed by atoms with Crippen molar-refractivity contribution in [2.45, 2.75) is 52.0 Å². The molecule has 21 heavy (non-hydrogen) atoms. The zero-order chi connectivity index (χ0) is 15.2. The molecule has 6 nitrogen and oxygen atoms in total. The molecule has 0 aromatic carbocycles. The van der Waals surface area contributed by atoms with Gasteiger partial charge in [-0.25, -0.2) is 0 Å². The zero-order valence-corrected chi connectivity index (χ0v) is 13.3. The lowest BCUT2D eigenvalue weighted by molar-refractivity contribution is -0.130. The molecule has 0 bridgehead atoms. The Morgan fingerprint density at radius 2 is 2.19 bits per heavy atom. The normalized spacial score (nSPS) is 18.0. The van der Waals surface area contributed by atoms with Gasteiger partial charge in [-0.15, -0.1) is 0 Å². The number of aromatic nitrogens is 2. The van der Waals surface area contributed by atoms with E-state index in [4.69, 9.17) is 4.52 Å².